The number of likely N-dealkylation sites (N-methyl/N-ethyl adjacent to an activating group) is 1. The molecule has 11 nitrogen and oxygen atoms in total. The number of aromatic nitrogens is 1. The number of hydrogen-bond donors (Lipinski definition) is 2. The standard InChI is InChI=1S/C29H34ClN5O6/c1-34(2)28(38)18-7-5-17(6-8-18)26(36)33-24-21-15-19(29(39)35(3)13-14-40-4)9-11-22(21)41-25(24)27(37)32-23-12-10-20(30)16-31-23/h9-12,15-18H,5-8,13-14H2,1-4H3,(H,33,36)(H,31,32,37)/t17-,18-. The first-order valence-electron chi connectivity index (χ1n) is 13.3. The molecule has 0 saturated heterocycles. The molecule has 218 valence electrons. The van der Waals surface area contributed by atoms with Gasteiger partial charge in [0.05, 0.1) is 11.6 Å². The molecular formula is C29H34ClN5O6. The fourth-order valence-electron chi connectivity index (χ4n) is 4.88. The Morgan fingerprint density at radius 3 is 2.37 bits per heavy atom. The van der Waals surface area contributed by atoms with Crippen LogP contribution >= 0.6 is 11.6 Å². The minimum absolute atomic E-state index is 0.0621. The van der Waals surface area contributed by atoms with Crippen LogP contribution in [0.25, 0.3) is 11.0 Å². The van der Waals surface area contributed by atoms with E-state index >= 15 is 0 Å². The van der Waals surface area contributed by atoms with Gasteiger partial charge in [-0.25, -0.2) is 4.98 Å². The number of nitrogens with zero attached hydrogens (tertiary/aromatic N) is 3. The summed E-state index contributed by atoms with van der Waals surface area (Å²) in [5.41, 5.74) is 0.851. The molecule has 0 radical (unpaired) electrons. The molecule has 2 N–H and O–H groups in total. The SMILES string of the molecule is COCCN(C)C(=O)c1ccc2oc(C(=O)Nc3ccc(Cl)cn3)c(NC(=O)[C@H]3CC[C@H](C(=O)N(C)C)CC3)c2c1. The van der Waals surface area contributed by atoms with Crippen LogP contribution in [-0.2, 0) is 14.3 Å². The van der Waals surface area contributed by atoms with Gasteiger partial charge in [0.15, 0.2) is 0 Å². The molecule has 12 heteroatoms. The first-order chi connectivity index (χ1) is 19.6. The highest BCUT2D eigenvalue weighted by Gasteiger charge is 2.32. The number of carbonyl (C=O) groups is 4. The van der Waals surface area contributed by atoms with Gasteiger partial charge in [0.1, 0.15) is 17.1 Å². The predicted octanol–water partition coefficient (Wildman–Crippen LogP) is 4.29. The van der Waals surface area contributed by atoms with Gasteiger partial charge >= 0.3 is 0 Å². The van der Waals surface area contributed by atoms with E-state index in [-0.39, 0.29) is 46.8 Å². The van der Waals surface area contributed by atoms with E-state index in [0.717, 1.165) is 0 Å². The van der Waals surface area contributed by atoms with Crippen LogP contribution in [0.3, 0.4) is 0 Å². The summed E-state index contributed by atoms with van der Waals surface area (Å²) in [5.74, 6) is -1.43. The van der Waals surface area contributed by atoms with Crippen molar-refractivity contribution in [2.24, 2.45) is 11.8 Å². The topological polar surface area (TPSA) is 134 Å². The molecule has 2 heterocycles. The second-order valence-corrected chi connectivity index (χ2v) is 10.8. The molecule has 3 aromatic rings. The maximum Gasteiger partial charge on any atom is 0.294 e. The molecule has 1 aromatic carbocycles. The van der Waals surface area contributed by atoms with Crippen molar-refractivity contribution in [3.05, 3.63) is 52.9 Å². The molecule has 1 fully saturated rings. The predicted molar refractivity (Wildman–Crippen MR) is 155 cm³/mol. The number of fused-ring (bicyclic) bond motifs is 1. The maximum absolute atomic E-state index is 13.4. The molecule has 1 aliphatic rings. The summed E-state index contributed by atoms with van der Waals surface area (Å²) in [6, 6.07) is 7.93. The van der Waals surface area contributed by atoms with E-state index in [0.29, 0.717) is 60.4 Å². The normalized spacial score (nSPS) is 16.7. The van der Waals surface area contributed by atoms with Crippen LogP contribution < -0.4 is 10.6 Å². The van der Waals surface area contributed by atoms with Gasteiger partial charge < -0.3 is 29.6 Å². The average molecular weight is 584 g/mol. The van der Waals surface area contributed by atoms with Gasteiger partial charge in [0.2, 0.25) is 17.6 Å². The Bertz CT molecular complexity index is 1430. The van der Waals surface area contributed by atoms with E-state index in [4.69, 9.17) is 20.8 Å². The third-order valence-electron chi connectivity index (χ3n) is 7.22. The monoisotopic (exact) mass is 583 g/mol. The van der Waals surface area contributed by atoms with Gasteiger partial charge in [-0.15, -0.1) is 0 Å². The van der Waals surface area contributed by atoms with Crippen molar-refractivity contribution in [1.82, 2.24) is 14.8 Å². The van der Waals surface area contributed by atoms with E-state index < -0.39 is 5.91 Å². The van der Waals surface area contributed by atoms with Gasteiger partial charge in [-0.1, -0.05) is 11.6 Å². The van der Waals surface area contributed by atoms with Crippen molar-refractivity contribution in [3.63, 3.8) is 0 Å². The fourth-order valence-corrected chi connectivity index (χ4v) is 4.99. The number of methoxy groups -OCH3 is 1. The van der Waals surface area contributed by atoms with E-state index in [1.807, 2.05) is 0 Å². The zero-order chi connectivity index (χ0) is 29.7. The van der Waals surface area contributed by atoms with E-state index in [1.165, 1.54) is 11.1 Å². The summed E-state index contributed by atoms with van der Waals surface area (Å²) in [5, 5.41) is 6.39. The number of rotatable bonds is 9. The number of furan rings is 1. The van der Waals surface area contributed by atoms with Crippen molar-refractivity contribution in [3.8, 4) is 0 Å². The van der Waals surface area contributed by atoms with Crippen molar-refractivity contribution in [1.29, 1.82) is 0 Å². The third-order valence-corrected chi connectivity index (χ3v) is 7.45. The Kier molecular flexibility index (Phi) is 9.61. The Balaban J connectivity index is 1.63. The van der Waals surface area contributed by atoms with E-state index in [9.17, 15) is 19.2 Å². The van der Waals surface area contributed by atoms with Gasteiger partial charge in [-0.05, 0) is 56.0 Å². The lowest BCUT2D eigenvalue weighted by Crippen LogP contribution is -2.35. The van der Waals surface area contributed by atoms with Crippen molar-refractivity contribution < 1.29 is 28.3 Å². The molecule has 41 heavy (non-hydrogen) atoms. The Hall–Kier alpha value is -3.96. The van der Waals surface area contributed by atoms with Crippen LogP contribution in [-0.4, -0.2) is 79.8 Å². The number of anilines is 2. The average Bonchev–Trinajstić information content (AvgIpc) is 3.33. The minimum Gasteiger partial charge on any atom is -0.449 e. The Labute approximate surface area is 243 Å². The highest BCUT2D eigenvalue weighted by atomic mass is 35.5. The Morgan fingerprint density at radius 1 is 1.02 bits per heavy atom. The number of benzene rings is 1. The summed E-state index contributed by atoms with van der Waals surface area (Å²) in [6.07, 6.45) is 3.67. The van der Waals surface area contributed by atoms with Crippen molar-refractivity contribution >= 4 is 57.7 Å². The quantitative estimate of drug-likeness (QED) is 0.384. The molecule has 4 rings (SSSR count). The van der Waals surface area contributed by atoms with Crippen molar-refractivity contribution in [2.45, 2.75) is 25.7 Å². The molecule has 0 bridgehead atoms. The highest BCUT2D eigenvalue weighted by Crippen LogP contribution is 2.35. The van der Waals surface area contributed by atoms with Crippen LogP contribution in [0.4, 0.5) is 11.5 Å². The number of pyridine rings is 1. The van der Waals surface area contributed by atoms with Crippen LogP contribution in [0.15, 0.2) is 40.9 Å². The number of carbonyl (C=O) groups excluding carboxylic acids is 4. The highest BCUT2D eigenvalue weighted by molar-refractivity contribution is 6.30. The van der Waals surface area contributed by atoms with Crippen LogP contribution in [0, 0.1) is 11.8 Å². The van der Waals surface area contributed by atoms with Gasteiger partial charge in [-0.3, -0.25) is 19.2 Å². The summed E-state index contributed by atoms with van der Waals surface area (Å²) >= 11 is 5.91. The first-order valence-corrected chi connectivity index (χ1v) is 13.7. The smallest absolute Gasteiger partial charge is 0.294 e. The maximum atomic E-state index is 13.4. The summed E-state index contributed by atoms with van der Waals surface area (Å²) in [4.78, 5) is 59.4. The number of hydrogen-bond acceptors (Lipinski definition) is 7. The fraction of sp³-hybridized carbons (Fsp3) is 0.414. The van der Waals surface area contributed by atoms with Gasteiger partial charge in [0.25, 0.3) is 11.8 Å². The molecule has 0 spiro atoms. The molecule has 0 atom stereocenters. The number of nitrogens with one attached hydrogen (secondary N) is 2. The molecule has 0 unspecified atom stereocenters. The number of halogens is 1. The third kappa shape index (κ3) is 7.04. The molecule has 1 saturated carbocycles. The molecule has 4 amide bonds. The van der Waals surface area contributed by atoms with E-state index in [2.05, 4.69) is 15.6 Å². The summed E-state index contributed by atoms with van der Waals surface area (Å²) in [7, 11) is 6.68. The lowest BCUT2D eigenvalue weighted by molar-refractivity contribution is -0.135. The van der Waals surface area contributed by atoms with Crippen LogP contribution in [0.5, 0.6) is 0 Å². The van der Waals surface area contributed by atoms with Crippen LogP contribution in [0.2, 0.25) is 5.02 Å². The largest absolute Gasteiger partial charge is 0.449 e. The van der Waals surface area contributed by atoms with Crippen molar-refractivity contribution in [2.75, 3.05) is 52.0 Å². The zero-order valence-corrected chi connectivity index (χ0v) is 24.3. The second kappa shape index (κ2) is 13.1. The minimum atomic E-state index is -0.628. The van der Waals surface area contributed by atoms with E-state index in [1.54, 1.807) is 63.5 Å². The summed E-state index contributed by atoms with van der Waals surface area (Å²) in [6.45, 7) is 0.770. The molecular weight excluding hydrogens is 550 g/mol. The Morgan fingerprint density at radius 2 is 1.73 bits per heavy atom. The lowest BCUT2D eigenvalue weighted by Gasteiger charge is -2.28. The molecule has 0 aliphatic heterocycles. The molecule has 2 aromatic heterocycles. The number of ether oxygens (including phenoxy) is 1. The van der Waals surface area contributed by atoms with Gasteiger partial charge in [-0.2, -0.15) is 0 Å². The van der Waals surface area contributed by atoms with Gasteiger partial charge in [0, 0.05) is 63.8 Å². The second-order valence-electron chi connectivity index (χ2n) is 10.3. The first kappa shape index (κ1) is 30.0. The number of amides is 4. The molecule has 1 aliphatic carbocycles. The zero-order valence-electron chi connectivity index (χ0n) is 23.5. The van der Waals surface area contributed by atoms with Crippen LogP contribution in [0.1, 0.15) is 46.6 Å². The lowest BCUT2D eigenvalue weighted by atomic mass is 9.81. The summed E-state index contributed by atoms with van der Waals surface area (Å²) < 4.78 is 11.0.